The van der Waals surface area contributed by atoms with Crippen LogP contribution >= 0.6 is 0 Å². The summed E-state index contributed by atoms with van der Waals surface area (Å²) in [7, 11) is 0. The molecule has 0 aliphatic heterocycles. The van der Waals surface area contributed by atoms with Gasteiger partial charge in [0.25, 0.3) is 0 Å². The summed E-state index contributed by atoms with van der Waals surface area (Å²) in [5, 5.41) is 2.91. The van der Waals surface area contributed by atoms with Gasteiger partial charge in [0.15, 0.2) is 0 Å². The van der Waals surface area contributed by atoms with Crippen molar-refractivity contribution in [2.24, 2.45) is 0 Å². The lowest BCUT2D eigenvalue weighted by Gasteiger charge is -2.16. The lowest BCUT2D eigenvalue weighted by atomic mass is 9.94. The van der Waals surface area contributed by atoms with Crippen molar-refractivity contribution in [1.82, 2.24) is 5.32 Å². The lowest BCUT2D eigenvalue weighted by molar-refractivity contribution is -0.123. The molecule has 4 heteroatoms. The summed E-state index contributed by atoms with van der Waals surface area (Å²) in [6, 6.07) is 13.7. The second-order valence-corrected chi connectivity index (χ2v) is 5.52. The van der Waals surface area contributed by atoms with Gasteiger partial charge >= 0.3 is 0 Å². The van der Waals surface area contributed by atoms with Crippen molar-refractivity contribution in [2.75, 3.05) is 5.73 Å². The molecule has 0 radical (unpaired) electrons. The van der Waals surface area contributed by atoms with Crippen molar-refractivity contribution in [3.63, 3.8) is 0 Å². The largest absolute Gasteiger partial charge is 0.399 e. The predicted molar refractivity (Wildman–Crippen MR) is 80.0 cm³/mol. The zero-order chi connectivity index (χ0) is 14.9. The van der Waals surface area contributed by atoms with E-state index in [1.165, 1.54) is 12.1 Å². The number of nitrogens with one attached hydrogen (secondary N) is 1. The van der Waals surface area contributed by atoms with Gasteiger partial charge in [-0.25, -0.2) is 4.39 Å². The summed E-state index contributed by atoms with van der Waals surface area (Å²) >= 11 is 0. The number of halogens is 1. The van der Waals surface area contributed by atoms with Crippen LogP contribution in [0.1, 0.15) is 24.0 Å². The number of benzene rings is 2. The van der Waals surface area contributed by atoms with Gasteiger partial charge < -0.3 is 11.1 Å². The summed E-state index contributed by atoms with van der Waals surface area (Å²) < 4.78 is 13.1. The second kappa shape index (κ2) is 5.20. The number of hydrogen-bond acceptors (Lipinski definition) is 2. The van der Waals surface area contributed by atoms with Crippen LogP contribution in [0.5, 0.6) is 0 Å². The highest BCUT2D eigenvalue weighted by Crippen LogP contribution is 2.48. The fraction of sp³-hybridized carbons (Fsp3) is 0.235. The molecule has 0 spiro atoms. The van der Waals surface area contributed by atoms with Crippen LogP contribution in [0.15, 0.2) is 48.5 Å². The van der Waals surface area contributed by atoms with E-state index in [9.17, 15) is 9.18 Å². The Balaban J connectivity index is 1.69. The minimum atomic E-state index is -0.430. The smallest absolute Gasteiger partial charge is 0.230 e. The number of anilines is 1. The molecule has 108 valence electrons. The predicted octanol–water partition coefficient (Wildman–Crippen LogP) is 2.76. The van der Waals surface area contributed by atoms with E-state index < -0.39 is 5.41 Å². The van der Waals surface area contributed by atoms with Crippen molar-refractivity contribution in [3.05, 3.63) is 65.5 Å². The molecule has 2 aromatic rings. The molecule has 0 unspecified atom stereocenters. The molecule has 3 N–H and O–H groups in total. The van der Waals surface area contributed by atoms with Crippen LogP contribution in [0.4, 0.5) is 10.1 Å². The number of nitrogens with two attached hydrogens (primary N) is 1. The topological polar surface area (TPSA) is 55.1 Å². The van der Waals surface area contributed by atoms with Crippen LogP contribution in [0.2, 0.25) is 0 Å². The molecule has 3 rings (SSSR count). The first kappa shape index (κ1) is 13.6. The Morgan fingerprint density at radius 2 is 1.90 bits per heavy atom. The fourth-order valence-electron chi connectivity index (χ4n) is 2.57. The molecule has 0 atom stereocenters. The van der Waals surface area contributed by atoms with Gasteiger partial charge in [0.05, 0.1) is 5.41 Å². The van der Waals surface area contributed by atoms with Gasteiger partial charge in [-0.3, -0.25) is 4.79 Å². The minimum absolute atomic E-state index is 0.00321. The van der Waals surface area contributed by atoms with Gasteiger partial charge in [-0.1, -0.05) is 24.3 Å². The number of hydrogen-bond donors (Lipinski definition) is 2. The number of amides is 1. The van der Waals surface area contributed by atoms with Crippen molar-refractivity contribution >= 4 is 11.6 Å². The maximum absolute atomic E-state index is 13.1. The van der Waals surface area contributed by atoms with Crippen molar-refractivity contribution in [2.45, 2.75) is 24.8 Å². The molecule has 0 saturated heterocycles. The number of carbonyl (C=O) groups excluding carboxylic acids is 1. The standard InChI is InChI=1S/C17H17FN2O/c18-14-3-1-2-12(10-14)11-20-16(21)17(8-9-17)13-4-6-15(19)7-5-13/h1-7,10H,8-9,11,19H2,(H,20,21). The fourth-order valence-corrected chi connectivity index (χ4v) is 2.57. The average molecular weight is 284 g/mol. The van der Waals surface area contributed by atoms with Crippen LogP contribution < -0.4 is 11.1 Å². The monoisotopic (exact) mass is 284 g/mol. The Hall–Kier alpha value is -2.36. The Morgan fingerprint density at radius 3 is 2.52 bits per heavy atom. The Morgan fingerprint density at radius 1 is 1.19 bits per heavy atom. The number of carbonyl (C=O) groups is 1. The van der Waals surface area contributed by atoms with Gasteiger partial charge in [-0.05, 0) is 48.2 Å². The lowest BCUT2D eigenvalue weighted by Crippen LogP contribution is -2.34. The van der Waals surface area contributed by atoms with Crippen LogP contribution in [0.25, 0.3) is 0 Å². The third-order valence-electron chi connectivity index (χ3n) is 3.99. The summed E-state index contributed by atoms with van der Waals surface area (Å²) in [5.74, 6) is -0.294. The molecule has 1 amide bonds. The summed E-state index contributed by atoms with van der Waals surface area (Å²) in [4.78, 5) is 12.4. The molecule has 1 aliphatic rings. The highest BCUT2D eigenvalue weighted by atomic mass is 19.1. The average Bonchev–Trinajstić information content (AvgIpc) is 3.27. The van der Waals surface area contributed by atoms with E-state index in [4.69, 9.17) is 5.73 Å². The minimum Gasteiger partial charge on any atom is -0.399 e. The molecule has 1 aliphatic carbocycles. The maximum Gasteiger partial charge on any atom is 0.230 e. The Labute approximate surface area is 123 Å². The van der Waals surface area contributed by atoms with Crippen molar-refractivity contribution < 1.29 is 9.18 Å². The highest BCUT2D eigenvalue weighted by molar-refractivity contribution is 5.91. The van der Waals surface area contributed by atoms with E-state index in [2.05, 4.69) is 5.32 Å². The molecular formula is C17H17FN2O. The summed E-state index contributed by atoms with van der Waals surface area (Å²) in [5.41, 5.74) is 7.69. The molecule has 3 nitrogen and oxygen atoms in total. The van der Waals surface area contributed by atoms with Gasteiger partial charge in [-0.15, -0.1) is 0 Å². The number of nitrogen functional groups attached to an aromatic ring is 1. The van der Waals surface area contributed by atoms with Crippen molar-refractivity contribution in [3.8, 4) is 0 Å². The third-order valence-corrected chi connectivity index (χ3v) is 3.99. The van der Waals surface area contributed by atoms with E-state index in [-0.39, 0.29) is 11.7 Å². The van der Waals surface area contributed by atoms with E-state index in [1.807, 2.05) is 24.3 Å². The highest BCUT2D eigenvalue weighted by Gasteiger charge is 2.50. The molecule has 0 heterocycles. The molecule has 21 heavy (non-hydrogen) atoms. The molecule has 0 aromatic heterocycles. The van der Waals surface area contributed by atoms with Gasteiger partial charge in [0, 0.05) is 12.2 Å². The normalized spacial score (nSPS) is 15.5. The van der Waals surface area contributed by atoms with Gasteiger partial charge in [0.2, 0.25) is 5.91 Å². The van der Waals surface area contributed by atoms with Crippen LogP contribution in [0, 0.1) is 5.82 Å². The zero-order valence-corrected chi connectivity index (χ0v) is 11.6. The van der Waals surface area contributed by atoms with Crippen LogP contribution in [-0.4, -0.2) is 5.91 Å². The molecule has 1 fully saturated rings. The second-order valence-electron chi connectivity index (χ2n) is 5.52. The maximum atomic E-state index is 13.1. The quantitative estimate of drug-likeness (QED) is 0.848. The SMILES string of the molecule is Nc1ccc(C2(C(=O)NCc3cccc(F)c3)CC2)cc1. The van der Waals surface area contributed by atoms with Gasteiger partial charge in [-0.2, -0.15) is 0 Å². The van der Waals surface area contributed by atoms with Crippen LogP contribution in [0.3, 0.4) is 0 Å². The first-order valence-corrected chi connectivity index (χ1v) is 6.99. The zero-order valence-electron chi connectivity index (χ0n) is 11.6. The molecule has 2 aromatic carbocycles. The van der Waals surface area contributed by atoms with Crippen LogP contribution in [-0.2, 0) is 16.8 Å². The molecule has 1 saturated carbocycles. The first-order valence-electron chi connectivity index (χ1n) is 6.99. The summed E-state index contributed by atoms with van der Waals surface area (Å²) in [6.45, 7) is 0.341. The Bertz CT molecular complexity index is 663. The summed E-state index contributed by atoms with van der Waals surface area (Å²) in [6.07, 6.45) is 1.68. The van der Waals surface area contributed by atoms with E-state index in [0.29, 0.717) is 12.2 Å². The number of rotatable bonds is 4. The molecule has 0 bridgehead atoms. The third kappa shape index (κ3) is 2.75. The van der Waals surface area contributed by atoms with E-state index in [1.54, 1.807) is 12.1 Å². The first-order chi connectivity index (χ1) is 10.1. The van der Waals surface area contributed by atoms with E-state index in [0.717, 1.165) is 24.0 Å². The van der Waals surface area contributed by atoms with Crippen molar-refractivity contribution in [1.29, 1.82) is 0 Å². The van der Waals surface area contributed by atoms with E-state index >= 15 is 0 Å². The molecular weight excluding hydrogens is 267 g/mol. The van der Waals surface area contributed by atoms with Gasteiger partial charge in [0.1, 0.15) is 5.82 Å². The Kier molecular flexibility index (Phi) is 3.37.